The van der Waals surface area contributed by atoms with Crippen LogP contribution < -0.4 is 14.9 Å². The van der Waals surface area contributed by atoms with Crippen molar-refractivity contribution in [3.63, 3.8) is 0 Å². The van der Waals surface area contributed by atoms with Crippen molar-refractivity contribution in [3.05, 3.63) is 54.1 Å². The van der Waals surface area contributed by atoms with Gasteiger partial charge in [-0.15, -0.1) is 0 Å². The lowest BCUT2D eigenvalue weighted by Crippen LogP contribution is -2.28. The van der Waals surface area contributed by atoms with Crippen molar-refractivity contribution in [1.29, 1.82) is 0 Å². The van der Waals surface area contributed by atoms with Gasteiger partial charge < -0.3 is 10.2 Å². The van der Waals surface area contributed by atoms with Crippen molar-refractivity contribution in [2.45, 2.75) is 18.2 Å². The molecule has 0 bridgehead atoms. The van der Waals surface area contributed by atoms with Gasteiger partial charge in [-0.05, 0) is 50.4 Å². The zero-order valence-corrected chi connectivity index (χ0v) is 15.9. The van der Waals surface area contributed by atoms with Crippen LogP contribution in [0.2, 0.25) is 0 Å². The molecule has 2 N–H and O–H groups in total. The summed E-state index contributed by atoms with van der Waals surface area (Å²) in [5.74, 6) is -0.809. The molecule has 0 spiro atoms. The van der Waals surface area contributed by atoms with Crippen LogP contribution in [0.3, 0.4) is 0 Å². The average molecular weight is 387 g/mol. The maximum absolute atomic E-state index is 12.5. The molecule has 1 aliphatic heterocycles. The number of aryl methyl sites for hydroxylation is 1. The lowest BCUT2D eigenvalue weighted by atomic mass is 10.1. The number of sulfonamides is 1. The average Bonchev–Trinajstić information content (AvgIpc) is 3.05. The van der Waals surface area contributed by atoms with E-state index in [1.54, 1.807) is 4.90 Å². The summed E-state index contributed by atoms with van der Waals surface area (Å²) in [6, 6.07) is 13.5. The molecule has 8 heteroatoms. The second-order valence-corrected chi connectivity index (χ2v) is 8.35. The quantitative estimate of drug-likeness (QED) is 0.819. The van der Waals surface area contributed by atoms with Crippen LogP contribution in [-0.4, -0.2) is 33.8 Å². The largest absolute Gasteiger partial charge is 0.326 e. The molecular formula is C19H21N3O4S. The second kappa shape index (κ2) is 7.50. The molecule has 142 valence electrons. The molecule has 0 radical (unpaired) electrons. The minimum absolute atomic E-state index is 0.0885. The Morgan fingerprint density at radius 2 is 1.70 bits per heavy atom. The van der Waals surface area contributed by atoms with Gasteiger partial charge in [0.05, 0.1) is 10.8 Å². The predicted octanol–water partition coefficient (Wildman–Crippen LogP) is 1.89. The third-order valence-electron chi connectivity index (χ3n) is 4.54. The summed E-state index contributed by atoms with van der Waals surface area (Å²) in [5, 5.41) is 2.75. The van der Waals surface area contributed by atoms with E-state index in [-0.39, 0.29) is 23.1 Å². The molecule has 0 aliphatic carbocycles. The summed E-state index contributed by atoms with van der Waals surface area (Å²) in [4.78, 5) is 26.5. The van der Waals surface area contributed by atoms with Crippen molar-refractivity contribution >= 4 is 33.2 Å². The van der Waals surface area contributed by atoms with E-state index in [2.05, 4.69) is 10.0 Å². The van der Waals surface area contributed by atoms with Crippen LogP contribution in [0.5, 0.6) is 0 Å². The number of hydrogen-bond donors (Lipinski definition) is 2. The molecule has 7 nitrogen and oxygen atoms in total. The minimum Gasteiger partial charge on any atom is -0.326 e. The topological polar surface area (TPSA) is 95.6 Å². The van der Waals surface area contributed by atoms with Gasteiger partial charge in [0.2, 0.25) is 21.8 Å². The zero-order chi connectivity index (χ0) is 19.6. The lowest BCUT2D eigenvalue weighted by Gasteiger charge is -2.17. The van der Waals surface area contributed by atoms with Crippen LogP contribution in [-0.2, 0) is 19.6 Å². The summed E-state index contributed by atoms with van der Waals surface area (Å²) >= 11 is 0. The van der Waals surface area contributed by atoms with Crippen LogP contribution in [0, 0.1) is 12.8 Å². The first-order chi connectivity index (χ1) is 12.8. The Labute approximate surface area is 158 Å². The highest BCUT2D eigenvalue weighted by atomic mass is 32.2. The van der Waals surface area contributed by atoms with Crippen molar-refractivity contribution in [3.8, 4) is 0 Å². The van der Waals surface area contributed by atoms with Gasteiger partial charge in [-0.25, -0.2) is 13.1 Å². The standard InChI is InChI=1S/C19H21N3O4S/c1-13-3-7-16(8-4-13)22-12-14(11-18(22)23)19(24)21-15-5-9-17(10-6-15)27(25,26)20-2/h3-10,14,20H,11-12H2,1-2H3,(H,21,24)/t14-/m1/s1. The Kier molecular flexibility index (Phi) is 5.29. The molecule has 0 unspecified atom stereocenters. The molecule has 1 aliphatic rings. The van der Waals surface area contributed by atoms with Gasteiger partial charge in [-0.1, -0.05) is 17.7 Å². The predicted molar refractivity (Wildman–Crippen MR) is 103 cm³/mol. The molecule has 2 aromatic rings. The number of nitrogens with zero attached hydrogens (tertiary/aromatic N) is 1. The van der Waals surface area contributed by atoms with Crippen molar-refractivity contribution in [2.75, 3.05) is 23.8 Å². The van der Waals surface area contributed by atoms with E-state index in [0.717, 1.165) is 11.3 Å². The van der Waals surface area contributed by atoms with E-state index in [0.29, 0.717) is 12.2 Å². The first kappa shape index (κ1) is 19.1. The van der Waals surface area contributed by atoms with Gasteiger partial charge in [-0.3, -0.25) is 9.59 Å². The molecule has 0 saturated carbocycles. The van der Waals surface area contributed by atoms with Crippen molar-refractivity contribution in [2.24, 2.45) is 5.92 Å². The van der Waals surface area contributed by atoms with E-state index in [1.807, 2.05) is 31.2 Å². The maximum atomic E-state index is 12.5. The number of anilines is 2. The third kappa shape index (κ3) is 4.17. The summed E-state index contributed by atoms with van der Waals surface area (Å²) < 4.78 is 25.7. The summed E-state index contributed by atoms with van der Waals surface area (Å²) in [5.41, 5.74) is 2.36. The minimum atomic E-state index is -3.52. The molecule has 1 saturated heterocycles. The zero-order valence-electron chi connectivity index (χ0n) is 15.1. The fourth-order valence-corrected chi connectivity index (χ4v) is 3.67. The Morgan fingerprint density at radius 1 is 1.07 bits per heavy atom. The number of hydrogen-bond acceptors (Lipinski definition) is 4. The van der Waals surface area contributed by atoms with Crippen LogP contribution in [0.25, 0.3) is 0 Å². The van der Waals surface area contributed by atoms with Crippen LogP contribution in [0.15, 0.2) is 53.4 Å². The summed E-state index contributed by atoms with van der Waals surface area (Å²) in [6.07, 6.45) is 0.145. The van der Waals surface area contributed by atoms with Gasteiger partial charge in [0.1, 0.15) is 0 Å². The first-order valence-corrected chi connectivity index (χ1v) is 10.00. The van der Waals surface area contributed by atoms with E-state index in [1.165, 1.54) is 31.3 Å². The monoisotopic (exact) mass is 387 g/mol. The molecule has 2 aromatic carbocycles. The second-order valence-electron chi connectivity index (χ2n) is 6.46. The highest BCUT2D eigenvalue weighted by molar-refractivity contribution is 7.89. The van der Waals surface area contributed by atoms with Gasteiger partial charge in [-0.2, -0.15) is 0 Å². The molecule has 1 fully saturated rings. The van der Waals surface area contributed by atoms with Gasteiger partial charge in [0.25, 0.3) is 0 Å². The fraction of sp³-hybridized carbons (Fsp3) is 0.263. The van der Waals surface area contributed by atoms with Crippen molar-refractivity contribution < 1.29 is 18.0 Å². The highest BCUT2D eigenvalue weighted by Gasteiger charge is 2.35. The first-order valence-electron chi connectivity index (χ1n) is 8.51. The highest BCUT2D eigenvalue weighted by Crippen LogP contribution is 2.26. The van der Waals surface area contributed by atoms with E-state index in [4.69, 9.17) is 0 Å². The Hall–Kier alpha value is -2.71. The van der Waals surface area contributed by atoms with Crippen LogP contribution >= 0.6 is 0 Å². The smallest absolute Gasteiger partial charge is 0.240 e. The van der Waals surface area contributed by atoms with Gasteiger partial charge in [0, 0.05) is 24.3 Å². The number of rotatable bonds is 5. The fourth-order valence-electron chi connectivity index (χ4n) is 2.94. The van der Waals surface area contributed by atoms with E-state index in [9.17, 15) is 18.0 Å². The lowest BCUT2D eigenvalue weighted by molar-refractivity contribution is -0.122. The summed E-state index contributed by atoms with van der Waals surface area (Å²) in [7, 11) is -2.19. The molecular weight excluding hydrogens is 366 g/mol. The van der Waals surface area contributed by atoms with Crippen LogP contribution in [0.4, 0.5) is 11.4 Å². The Bertz CT molecular complexity index is 953. The number of carbonyl (C=O) groups is 2. The molecule has 0 aromatic heterocycles. The van der Waals surface area contributed by atoms with Crippen LogP contribution in [0.1, 0.15) is 12.0 Å². The Morgan fingerprint density at radius 3 is 2.30 bits per heavy atom. The normalized spacial score (nSPS) is 17.2. The number of nitrogens with one attached hydrogen (secondary N) is 2. The molecule has 3 rings (SSSR count). The van der Waals surface area contributed by atoms with Gasteiger partial charge >= 0.3 is 0 Å². The summed E-state index contributed by atoms with van der Waals surface area (Å²) in [6.45, 7) is 2.29. The number of carbonyl (C=O) groups excluding carboxylic acids is 2. The Balaban J connectivity index is 1.66. The number of amides is 2. The third-order valence-corrected chi connectivity index (χ3v) is 5.97. The molecule has 1 atom stereocenters. The van der Waals surface area contributed by atoms with E-state index < -0.39 is 15.9 Å². The maximum Gasteiger partial charge on any atom is 0.240 e. The number of benzene rings is 2. The molecule has 2 amide bonds. The van der Waals surface area contributed by atoms with Gasteiger partial charge in [0.15, 0.2) is 0 Å². The molecule has 1 heterocycles. The SMILES string of the molecule is CNS(=O)(=O)c1ccc(NC(=O)[C@@H]2CC(=O)N(c3ccc(C)cc3)C2)cc1. The van der Waals surface area contributed by atoms with E-state index >= 15 is 0 Å². The molecule has 27 heavy (non-hydrogen) atoms. The van der Waals surface area contributed by atoms with Crippen molar-refractivity contribution in [1.82, 2.24) is 4.72 Å².